The van der Waals surface area contributed by atoms with Crippen LogP contribution in [0.25, 0.3) is 0 Å². The zero-order chi connectivity index (χ0) is 14.8. The average Bonchev–Trinajstić information content (AvgIpc) is 3.11. The third-order valence-electron chi connectivity index (χ3n) is 4.94. The Bertz CT molecular complexity index is 502. The lowest BCUT2D eigenvalue weighted by atomic mass is 9.88. The van der Waals surface area contributed by atoms with Gasteiger partial charge in [-0.25, -0.2) is 4.39 Å². The third kappa shape index (κ3) is 3.20. The summed E-state index contributed by atoms with van der Waals surface area (Å²) in [5.41, 5.74) is 0. The van der Waals surface area contributed by atoms with Gasteiger partial charge in [-0.1, -0.05) is 6.42 Å². The number of rotatable bonds is 5. The topological polar surface area (TPSA) is 29.5 Å². The van der Waals surface area contributed by atoms with Crippen LogP contribution in [0.15, 0.2) is 24.3 Å². The molecular weight excluding hydrogens is 269 g/mol. The van der Waals surface area contributed by atoms with E-state index < -0.39 is 0 Å². The maximum atomic E-state index is 12.8. The molecule has 1 aromatic carbocycles. The highest BCUT2D eigenvalue weighted by Gasteiger charge is 2.43. The lowest BCUT2D eigenvalue weighted by Crippen LogP contribution is -2.37. The average molecular weight is 291 g/mol. The minimum atomic E-state index is -0.272. The number of carbonyl (C=O) groups excluding carboxylic acids is 1. The quantitative estimate of drug-likeness (QED) is 0.834. The molecule has 0 aliphatic heterocycles. The van der Waals surface area contributed by atoms with Crippen LogP contribution in [0.1, 0.15) is 25.7 Å². The fourth-order valence-corrected chi connectivity index (χ4v) is 3.77. The minimum Gasteiger partial charge on any atom is -0.492 e. The molecule has 0 aromatic heterocycles. The van der Waals surface area contributed by atoms with Crippen molar-refractivity contribution in [3.8, 4) is 5.75 Å². The first-order chi connectivity index (χ1) is 10.1. The molecule has 3 unspecified atom stereocenters. The molecular formula is C17H22FNO2. The molecule has 2 bridgehead atoms. The van der Waals surface area contributed by atoms with Crippen LogP contribution in [-0.2, 0) is 4.79 Å². The van der Waals surface area contributed by atoms with Crippen LogP contribution in [0.5, 0.6) is 5.75 Å². The number of amides is 1. The summed E-state index contributed by atoms with van der Waals surface area (Å²) in [5, 5.41) is 0. The van der Waals surface area contributed by atoms with E-state index in [1.165, 1.54) is 31.4 Å². The Morgan fingerprint density at radius 1 is 1.29 bits per heavy atom. The highest BCUT2D eigenvalue weighted by molar-refractivity contribution is 5.79. The van der Waals surface area contributed by atoms with Crippen molar-refractivity contribution < 1.29 is 13.9 Å². The van der Waals surface area contributed by atoms with E-state index in [1.54, 1.807) is 17.0 Å². The number of nitrogens with zero attached hydrogens (tertiary/aromatic N) is 1. The molecule has 1 amide bonds. The summed E-state index contributed by atoms with van der Waals surface area (Å²) in [4.78, 5) is 14.2. The van der Waals surface area contributed by atoms with Crippen molar-refractivity contribution in [2.24, 2.45) is 17.8 Å². The first-order valence-electron chi connectivity index (χ1n) is 7.77. The monoisotopic (exact) mass is 291 g/mol. The predicted octanol–water partition coefficient (Wildman–Crippen LogP) is 3.10. The molecule has 3 rings (SSSR count). The normalized spacial score (nSPS) is 26.9. The maximum absolute atomic E-state index is 12.8. The minimum absolute atomic E-state index is 0.236. The number of fused-ring (bicyclic) bond motifs is 2. The van der Waals surface area contributed by atoms with E-state index in [4.69, 9.17) is 4.74 Å². The molecule has 2 aliphatic carbocycles. The second-order valence-corrected chi connectivity index (χ2v) is 6.34. The first-order valence-corrected chi connectivity index (χ1v) is 7.77. The molecule has 3 atom stereocenters. The van der Waals surface area contributed by atoms with Gasteiger partial charge in [0.15, 0.2) is 0 Å². The number of ether oxygens (including phenoxy) is 1. The number of carbonyl (C=O) groups is 1. The molecule has 114 valence electrons. The van der Waals surface area contributed by atoms with Crippen molar-refractivity contribution in [1.29, 1.82) is 0 Å². The highest BCUT2D eigenvalue weighted by atomic mass is 19.1. The first kappa shape index (κ1) is 14.4. The van der Waals surface area contributed by atoms with Crippen LogP contribution in [-0.4, -0.2) is 31.0 Å². The van der Waals surface area contributed by atoms with Gasteiger partial charge in [-0.05, 0) is 55.4 Å². The van der Waals surface area contributed by atoms with Gasteiger partial charge >= 0.3 is 0 Å². The van der Waals surface area contributed by atoms with Gasteiger partial charge in [0.1, 0.15) is 18.2 Å². The zero-order valence-corrected chi connectivity index (χ0v) is 12.4. The third-order valence-corrected chi connectivity index (χ3v) is 4.94. The van der Waals surface area contributed by atoms with Gasteiger partial charge in [0.2, 0.25) is 5.91 Å². The van der Waals surface area contributed by atoms with Gasteiger partial charge in [0.05, 0.1) is 6.54 Å². The van der Waals surface area contributed by atoms with Crippen LogP contribution in [0.4, 0.5) is 4.39 Å². The van der Waals surface area contributed by atoms with Crippen LogP contribution >= 0.6 is 0 Å². The summed E-state index contributed by atoms with van der Waals surface area (Å²) in [5.74, 6) is 2.27. The van der Waals surface area contributed by atoms with Gasteiger partial charge < -0.3 is 9.64 Å². The molecule has 2 fully saturated rings. The fourth-order valence-electron chi connectivity index (χ4n) is 3.77. The number of hydrogen-bond donors (Lipinski definition) is 0. The molecule has 0 spiro atoms. The van der Waals surface area contributed by atoms with Crippen molar-refractivity contribution >= 4 is 5.91 Å². The van der Waals surface area contributed by atoms with E-state index in [1.807, 2.05) is 7.05 Å². The number of benzene rings is 1. The number of halogens is 1. The predicted molar refractivity (Wildman–Crippen MR) is 78.5 cm³/mol. The maximum Gasteiger partial charge on any atom is 0.225 e. The van der Waals surface area contributed by atoms with Gasteiger partial charge in [0, 0.05) is 13.0 Å². The van der Waals surface area contributed by atoms with Crippen molar-refractivity contribution in [2.45, 2.75) is 25.7 Å². The van der Waals surface area contributed by atoms with Crippen LogP contribution in [0.3, 0.4) is 0 Å². The molecule has 0 N–H and O–H groups in total. The zero-order valence-electron chi connectivity index (χ0n) is 12.4. The number of likely N-dealkylation sites (N-methyl/N-ethyl adjacent to an activating group) is 1. The Labute approximate surface area is 125 Å². The fraction of sp³-hybridized carbons (Fsp3) is 0.588. The summed E-state index contributed by atoms with van der Waals surface area (Å²) in [6, 6.07) is 5.96. The summed E-state index contributed by atoms with van der Waals surface area (Å²) >= 11 is 0. The standard InChI is InChI=1S/C17H22FNO2/c1-19(8-9-21-15-6-4-14(18)5-7-15)17(20)16-11-12-2-3-13(16)10-12/h4-7,12-13,16H,2-3,8-11H2,1H3. The summed E-state index contributed by atoms with van der Waals surface area (Å²) in [7, 11) is 1.85. The Hall–Kier alpha value is -1.58. The largest absolute Gasteiger partial charge is 0.492 e. The second kappa shape index (κ2) is 6.04. The molecule has 4 heteroatoms. The smallest absolute Gasteiger partial charge is 0.225 e. The Kier molecular flexibility index (Phi) is 4.13. The molecule has 0 heterocycles. The summed E-state index contributed by atoms with van der Waals surface area (Å²) < 4.78 is 18.3. The van der Waals surface area contributed by atoms with E-state index in [0.717, 1.165) is 12.3 Å². The van der Waals surface area contributed by atoms with E-state index in [0.29, 0.717) is 24.8 Å². The summed E-state index contributed by atoms with van der Waals surface area (Å²) in [6.07, 6.45) is 4.86. The van der Waals surface area contributed by atoms with E-state index in [9.17, 15) is 9.18 Å². The lowest BCUT2D eigenvalue weighted by molar-refractivity contribution is -0.136. The Morgan fingerprint density at radius 3 is 2.67 bits per heavy atom. The highest BCUT2D eigenvalue weighted by Crippen LogP contribution is 2.48. The molecule has 2 aliphatic rings. The molecule has 1 aromatic rings. The molecule has 2 saturated carbocycles. The van der Waals surface area contributed by atoms with Crippen LogP contribution < -0.4 is 4.74 Å². The van der Waals surface area contributed by atoms with Crippen LogP contribution in [0, 0.1) is 23.6 Å². The molecule has 3 nitrogen and oxygen atoms in total. The van der Waals surface area contributed by atoms with Crippen molar-refractivity contribution in [3.63, 3.8) is 0 Å². The van der Waals surface area contributed by atoms with Crippen molar-refractivity contribution in [1.82, 2.24) is 4.90 Å². The molecule has 0 saturated heterocycles. The SMILES string of the molecule is CN(CCOc1ccc(F)cc1)C(=O)C1CC2CCC1C2. The van der Waals surface area contributed by atoms with Gasteiger partial charge in [-0.3, -0.25) is 4.79 Å². The van der Waals surface area contributed by atoms with Gasteiger partial charge in [-0.2, -0.15) is 0 Å². The van der Waals surface area contributed by atoms with Gasteiger partial charge in [-0.15, -0.1) is 0 Å². The van der Waals surface area contributed by atoms with E-state index in [2.05, 4.69) is 0 Å². The Morgan fingerprint density at radius 2 is 2.05 bits per heavy atom. The van der Waals surface area contributed by atoms with Crippen LogP contribution in [0.2, 0.25) is 0 Å². The lowest BCUT2D eigenvalue weighted by Gasteiger charge is -2.26. The van der Waals surface area contributed by atoms with Gasteiger partial charge in [0.25, 0.3) is 0 Å². The second-order valence-electron chi connectivity index (χ2n) is 6.34. The number of hydrogen-bond acceptors (Lipinski definition) is 2. The Balaban J connectivity index is 1.44. The van der Waals surface area contributed by atoms with E-state index in [-0.39, 0.29) is 17.6 Å². The van der Waals surface area contributed by atoms with E-state index >= 15 is 0 Å². The van der Waals surface area contributed by atoms with Crippen molar-refractivity contribution in [3.05, 3.63) is 30.1 Å². The van der Waals surface area contributed by atoms with Crippen molar-refractivity contribution in [2.75, 3.05) is 20.2 Å². The summed E-state index contributed by atoms with van der Waals surface area (Å²) in [6.45, 7) is 1.01. The molecule has 21 heavy (non-hydrogen) atoms. The molecule has 0 radical (unpaired) electrons.